The zero-order chi connectivity index (χ0) is 13.0. The lowest BCUT2D eigenvalue weighted by Crippen LogP contribution is -2.01. The lowest BCUT2D eigenvalue weighted by atomic mass is 10.0. The van der Waals surface area contributed by atoms with Gasteiger partial charge in [-0.1, -0.05) is 24.3 Å². The molecule has 18 heavy (non-hydrogen) atoms. The molecule has 2 rings (SSSR count). The predicted molar refractivity (Wildman–Crippen MR) is 69.8 cm³/mol. The van der Waals surface area contributed by atoms with Crippen molar-refractivity contribution in [2.75, 3.05) is 13.8 Å². The monoisotopic (exact) mass is 246 g/mol. The number of fused-ring (bicyclic) bond motifs is 1. The fourth-order valence-corrected chi connectivity index (χ4v) is 1.91. The first-order valence-corrected chi connectivity index (χ1v) is 5.87. The predicted octanol–water partition coefficient (Wildman–Crippen LogP) is 3.32. The van der Waals surface area contributed by atoms with E-state index in [1.54, 1.807) is 7.11 Å². The Labute approximate surface area is 105 Å². The molecule has 0 aliphatic heterocycles. The second kappa shape index (κ2) is 5.63. The number of aryl methyl sites for hydroxylation is 1. The topological polar surface area (TPSA) is 26.3 Å². The quantitative estimate of drug-likeness (QED) is 0.809. The van der Waals surface area contributed by atoms with Crippen LogP contribution in [0.4, 0.5) is 4.39 Å². The minimum Gasteiger partial charge on any atom is -0.497 e. The van der Waals surface area contributed by atoms with Crippen molar-refractivity contribution in [3.05, 3.63) is 42.0 Å². The van der Waals surface area contributed by atoms with Gasteiger partial charge in [0.25, 0.3) is 0 Å². The third-order valence-corrected chi connectivity index (χ3v) is 2.95. The highest BCUT2D eigenvalue weighted by Gasteiger charge is 2.03. The second-order valence-electron chi connectivity index (χ2n) is 4.22. The van der Waals surface area contributed by atoms with Crippen LogP contribution in [0.15, 0.2) is 36.4 Å². The average molecular weight is 246 g/mol. The molecule has 0 spiro atoms. The molecule has 0 amide bonds. The van der Waals surface area contributed by atoms with Crippen LogP contribution in [0.2, 0.25) is 0 Å². The van der Waals surface area contributed by atoms with Gasteiger partial charge >= 0.3 is 0 Å². The van der Waals surface area contributed by atoms with Gasteiger partial charge in [-0.05, 0) is 34.9 Å². The standard InChI is InChI=1S/C15H15FO2/c1-18-15-7-5-12-8-11(2-4-13(12)9-15)3-6-14(17)10-16/h2,4-5,7-9H,3,6,10H2,1H3. The van der Waals surface area contributed by atoms with Gasteiger partial charge < -0.3 is 4.74 Å². The maximum absolute atomic E-state index is 12.1. The Morgan fingerprint density at radius 3 is 2.61 bits per heavy atom. The Kier molecular flexibility index (Phi) is 3.92. The summed E-state index contributed by atoms with van der Waals surface area (Å²) in [5, 5.41) is 2.19. The van der Waals surface area contributed by atoms with Gasteiger partial charge in [0.1, 0.15) is 12.4 Å². The first-order chi connectivity index (χ1) is 8.72. The molecule has 0 saturated heterocycles. The van der Waals surface area contributed by atoms with Crippen LogP contribution in [0.5, 0.6) is 5.75 Å². The Morgan fingerprint density at radius 1 is 1.17 bits per heavy atom. The number of ether oxygens (including phenoxy) is 1. The van der Waals surface area contributed by atoms with Crippen LogP contribution in [0.1, 0.15) is 12.0 Å². The number of methoxy groups -OCH3 is 1. The van der Waals surface area contributed by atoms with Crippen molar-refractivity contribution >= 4 is 16.6 Å². The molecule has 0 radical (unpaired) electrons. The lowest BCUT2D eigenvalue weighted by Gasteiger charge is -2.05. The average Bonchev–Trinajstić information content (AvgIpc) is 2.43. The van der Waals surface area contributed by atoms with Crippen molar-refractivity contribution in [3.8, 4) is 5.75 Å². The normalized spacial score (nSPS) is 10.6. The van der Waals surface area contributed by atoms with E-state index in [2.05, 4.69) is 0 Å². The molecular formula is C15H15FO2. The van der Waals surface area contributed by atoms with Gasteiger partial charge in [-0.25, -0.2) is 4.39 Å². The van der Waals surface area contributed by atoms with Crippen LogP contribution in [0.25, 0.3) is 10.8 Å². The fraction of sp³-hybridized carbons (Fsp3) is 0.267. The van der Waals surface area contributed by atoms with Crippen molar-refractivity contribution in [2.45, 2.75) is 12.8 Å². The molecule has 0 N–H and O–H groups in total. The van der Waals surface area contributed by atoms with Crippen LogP contribution in [0.3, 0.4) is 0 Å². The Balaban J connectivity index is 2.20. The number of carbonyl (C=O) groups is 1. The van der Waals surface area contributed by atoms with E-state index in [4.69, 9.17) is 4.74 Å². The number of benzene rings is 2. The molecule has 94 valence electrons. The van der Waals surface area contributed by atoms with E-state index in [0.717, 1.165) is 22.1 Å². The molecule has 3 heteroatoms. The summed E-state index contributed by atoms with van der Waals surface area (Å²) in [5.74, 6) is 0.479. The molecule has 0 atom stereocenters. The van der Waals surface area contributed by atoms with Crippen molar-refractivity contribution in [1.29, 1.82) is 0 Å². The molecule has 0 aliphatic carbocycles. The summed E-state index contributed by atoms with van der Waals surface area (Å²) in [6.45, 7) is -0.870. The highest BCUT2D eigenvalue weighted by molar-refractivity contribution is 5.85. The number of alkyl halides is 1. The summed E-state index contributed by atoms with van der Waals surface area (Å²) in [4.78, 5) is 10.9. The Bertz CT molecular complexity index is 563. The molecule has 0 fully saturated rings. The van der Waals surface area contributed by atoms with Gasteiger partial charge in [0.05, 0.1) is 7.11 Å². The minimum atomic E-state index is -0.870. The Hall–Kier alpha value is -1.90. The molecule has 0 bridgehead atoms. The van der Waals surface area contributed by atoms with Crippen molar-refractivity contribution in [3.63, 3.8) is 0 Å². The first-order valence-electron chi connectivity index (χ1n) is 5.87. The number of ketones is 1. The summed E-state index contributed by atoms with van der Waals surface area (Å²) < 4.78 is 17.2. The summed E-state index contributed by atoms with van der Waals surface area (Å²) in [6, 6.07) is 11.8. The number of hydrogen-bond donors (Lipinski definition) is 0. The van der Waals surface area contributed by atoms with Crippen LogP contribution in [-0.4, -0.2) is 19.6 Å². The molecule has 0 aromatic heterocycles. The van der Waals surface area contributed by atoms with Gasteiger partial charge in [0.2, 0.25) is 0 Å². The molecule has 2 aromatic carbocycles. The zero-order valence-corrected chi connectivity index (χ0v) is 10.3. The molecule has 0 heterocycles. The SMILES string of the molecule is COc1ccc2cc(CCC(=O)CF)ccc2c1. The third-order valence-electron chi connectivity index (χ3n) is 2.95. The van der Waals surface area contributed by atoms with Crippen molar-refractivity contribution in [1.82, 2.24) is 0 Å². The number of halogens is 1. The second-order valence-corrected chi connectivity index (χ2v) is 4.22. The van der Waals surface area contributed by atoms with E-state index in [1.807, 2.05) is 36.4 Å². The van der Waals surface area contributed by atoms with Crippen LogP contribution in [0, 0.1) is 0 Å². The molecule has 2 aromatic rings. The molecule has 0 unspecified atom stereocenters. The summed E-state index contributed by atoms with van der Waals surface area (Å²) in [7, 11) is 1.64. The van der Waals surface area contributed by atoms with Crippen LogP contribution >= 0.6 is 0 Å². The van der Waals surface area contributed by atoms with Gasteiger partial charge in [-0.3, -0.25) is 4.79 Å². The highest BCUT2D eigenvalue weighted by Crippen LogP contribution is 2.22. The number of rotatable bonds is 5. The maximum Gasteiger partial charge on any atom is 0.164 e. The lowest BCUT2D eigenvalue weighted by molar-refractivity contribution is -0.119. The highest BCUT2D eigenvalue weighted by atomic mass is 19.1. The zero-order valence-electron chi connectivity index (χ0n) is 10.3. The van der Waals surface area contributed by atoms with Crippen LogP contribution in [-0.2, 0) is 11.2 Å². The Morgan fingerprint density at radius 2 is 1.89 bits per heavy atom. The fourth-order valence-electron chi connectivity index (χ4n) is 1.91. The van der Waals surface area contributed by atoms with E-state index < -0.39 is 6.67 Å². The van der Waals surface area contributed by atoms with E-state index >= 15 is 0 Å². The largest absolute Gasteiger partial charge is 0.497 e. The van der Waals surface area contributed by atoms with E-state index in [1.165, 1.54) is 0 Å². The summed E-state index contributed by atoms with van der Waals surface area (Å²) in [6.07, 6.45) is 0.850. The minimum absolute atomic E-state index is 0.262. The molecule has 0 saturated carbocycles. The van der Waals surface area contributed by atoms with Gasteiger partial charge in [0.15, 0.2) is 5.78 Å². The smallest absolute Gasteiger partial charge is 0.164 e. The van der Waals surface area contributed by atoms with Crippen molar-refractivity contribution in [2.24, 2.45) is 0 Å². The molecule has 2 nitrogen and oxygen atoms in total. The van der Waals surface area contributed by atoms with E-state index in [0.29, 0.717) is 6.42 Å². The number of Topliss-reactive ketones (excluding diaryl/α,β-unsaturated/α-hetero) is 1. The van der Waals surface area contributed by atoms with Gasteiger partial charge in [-0.15, -0.1) is 0 Å². The number of hydrogen-bond acceptors (Lipinski definition) is 2. The summed E-state index contributed by atoms with van der Waals surface area (Å²) >= 11 is 0. The van der Waals surface area contributed by atoms with E-state index in [-0.39, 0.29) is 12.2 Å². The third kappa shape index (κ3) is 2.86. The number of carbonyl (C=O) groups excluding carboxylic acids is 1. The van der Waals surface area contributed by atoms with Crippen LogP contribution < -0.4 is 4.74 Å². The first kappa shape index (κ1) is 12.6. The molecular weight excluding hydrogens is 231 g/mol. The van der Waals surface area contributed by atoms with Crippen molar-refractivity contribution < 1.29 is 13.9 Å². The van der Waals surface area contributed by atoms with E-state index in [9.17, 15) is 9.18 Å². The summed E-state index contributed by atoms with van der Waals surface area (Å²) in [5.41, 5.74) is 1.05. The van der Waals surface area contributed by atoms with Gasteiger partial charge in [0, 0.05) is 6.42 Å². The molecule has 0 aliphatic rings. The van der Waals surface area contributed by atoms with Gasteiger partial charge in [-0.2, -0.15) is 0 Å². The maximum atomic E-state index is 12.1.